The minimum Gasteiger partial charge on any atom is -0.491 e. The summed E-state index contributed by atoms with van der Waals surface area (Å²) in [6.45, 7) is 6.60. The highest BCUT2D eigenvalue weighted by Crippen LogP contribution is 2.26. The fourth-order valence-corrected chi connectivity index (χ4v) is 2.29. The largest absolute Gasteiger partial charge is 0.491 e. The second kappa shape index (κ2) is 9.27. The number of nitrogen functional groups attached to an aromatic ring is 1. The summed E-state index contributed by atoms with van der Waals surface area (Å²) < 4.78 is 5.50. The summed E-state index contributed by atoms with van der Waals surface area (Å²) in [7, 11) is 0. The van der Waals surface area contributed by atoms with Gasteiger partial charge in [-0.05, 0) is 32.4 Å². The molecule has 1 atom stereocenters. The highest BCUT2D eigenvalue weighted by atomic mass is 16.5. The molecule has 0 spiro atoms. The van der Waals surface area contributed by atoms with Gasteiger partial charge in [0.2, 0.25) is 0 Å². The van der Waals surface area contributed by atoms with E-state index in [2.05, 4.69) is 12.2 Å². The Morgan fingerprint density at radius 2 is 2.05 bits per heavy atom. The van der Waals surface area contributed by atoms with Crippen LogP contribution in [0.25, 0.3) is 0 Å². The Morgan fingerprint density at radius 1 is 1.29 bits per heavy atom. The topological polar surface area (TPSA) is 64.4 Å². The van der Waals surface area contributed by atoms with Crippen molar-refractivity contribution < 1.29 is 9.53 Å². The first-order chi connectivity index (χ1) is 10.1. The van der Waals surface area contributed by atoms with Gasteiger partial charge in [-0.3, -0.25) is 4.79 Å². The van der Waals surface area contributed by atoms with Gasteiger partial charge in [-0.2, -0.15) is 0 Å². The molecule has 0 saturated heterocycles. The first kappa shape index (κ1) is 17.3. The van der Waals surface area contributed by atoms with Gasteiger partial charge >= 0.3 is 0 Å². The average molecular weight is 292 g/mol. The molecule has 0 radical (unpaired) electrons. The summed E-state index contributed by atoms with van der Waals surface area (Å²) >= 11 is 0. The van der Waals surface area contributed by atoms with E-state index in [0.717, 1.165) is 12.8 Å². The summed E-state index contributed by atoms with van der Waals surface area (Å²) in [5.41, 5.74) is 6.90. The maximum Gasteiger partial charge on any atom is 0.255 e. The molecule has 0 heterocycles. The van der Waals surface area contributed by atoms with Crippen molar-refractivity contribution in [3.8, 4) is 5.75 Å². The Balaban J connectivity index is 2.60. The van der Waals surface area contributed by atoms with E-state index in [4.69, 9.17) is 10.5 Å². The molecule has 0 bridgehead atoms. The summed E-state index contributed by atoms with van der Waals surface area (Å²) in [6.07, 6.45) is 5.84. The number of rotatable bonds is 9. The van der Waals surface area contributed by atoms with E-state index >= 15 is 0 Å². The number of hydrogen-bond acceptors (Lipinski definition) is 3. The molecule has 0 aliphatic rings. The monoisotopic (exact) mass is 292 g/mol. The van der Waals surface area contributed by atoms with Crippen molar-refractivity contribution in [2.45, 2.75) is 58.9 Å². The minimum absolute atomic E-state index is 0.117. The molecule has 0 fully saturated rings. The first-order valence-corrected chi connectivity index (χ1v) is 7.92. The molecule has 3 N–H and O–H groups in total. The van der Waals surface area contributed by atoms with E-state index < -0.39 is 0 Å². The van der Waals surface area contributed by atoms with Crippen molar-refractivity contribution >= 4 is 11.6 Å². The molecule has 118 valence electrons. The van der Waals surface area contributed by atoms with Crippen LogP contribution in [0.15, 0.2) is 18.2 Å². The Morgan fingerprint density at radius 3 is 2.71 bits per heavy atom. The summed E-state index contributed by atoms with van der Waals surface area (Å²) in [6, 6.07) is 5.43. The quantitative estimate of drug-likeness (QED) is 0.538. The Kier molecular flexibility index (Phi) is 7.65. The van der Waals surface area contributed by atoms with Crippen molar-refractivity contribution in [3.63, 3.8) is 0 Å². The number of ether oxygens (including phenoxy) is 1. The van der Waals surface area contributed by atoms with Crippen LogP contribution in [0.1, 0.15) is 63.2 Å². The number of nitrogens with two attached hydrogens (primary N) is 1. The van der Waals surface area contributed by atoms with Crippen LogP contribution in [0.2, 0.25) is 0 Å². The number of para-hydroxylation sites is 1. The van der Waals surface area contributed by atoms with Crippen molar-refractivity contribution in [2.24, 2.45) is 0 Å². The molecule has 0 aliphatic heterocycles. The Bertz CT molecular complexity index is 446. The van der Waals surface area contributed by atoms with E-state index in [1.807, 2.05) is 13.8 Å². The Hall–Kier alpha value is -1.71. The van der Waals surface area contributed by atoms with Gasteiger partial charge in [0.05, 0.1) is 17.9 Å². The van der Waals surface area contributed by atoms with Gasteiger partial charge < -0.3 is 15.8 Å². The second-order valence-corrected chi connectivity index (χ2v) is 5.38. The van der Waals surface area contributed by atoms with Crippen molar-refractivity contribution in [3.05, 3.63) is 23.8 Å². The standard InChI is InChI=1S/C17H28N2O2/c1-4-6-7-8-10-13(3)19-17(20)14-11-9-12-15(18)16(14)21-5-2/h9,11-13H,4-8,10,18H2,1-3H3,(H,19,20). The third-order valence-electron chi connectivity index (χ3n) is 3.45. The molecule has 1 rings (SSSR count). The van der Waals surface area contributed by atoms with Crippen LogP contribution < -0.4 is 15.8 Å². The molecular formula is C17H28N2O2. The summed E-state index contributed by atoms with van der Waals surface area (Å²) in [5, 5.41) is 3.02. The highest BCUT2D eigenvalue weighted by molar-refractivity contribution is 5.98. The summed E-state index contributed by atoms with van der Waals surface area (Å²) in [5.74, 6) is 0.365. The number of unbranched alkanes of at least 4 members (excludes halogenated alkanes) is 3. The van der Waals surface area contributed by atoms with Gasteiger partial charge in [-0.15, -0.1) is 0 Å². The average Bonchev–Trinajstić information content (AvgIpc) is 2.46. The first-order valence-electron chi connectivity index (χ1n) is 7.92. The predicted molar refractivity (Wildman–Crippen MR) is 87.7 cm³/mol. The van der Waals surface area contributed by atoms with Crippen LogP contribution in [-0.2, 0) is 0 Å². The van der Waals surface area contributed by atoms with Crippen LogP contribution in [0.5, 0.6) is 5.75 Å². The van der Waals surface area contributed by atoms with Crippen molar-refractivity contribution in [2.75, 3.05) is 12.3 Å². The van der Waals surface area contributed by atoms with E-state index in [9.17, 15) is 4.79 Å². The lowest BCUT2D eigenvalue weighted by molar-refractivity contribution is 0.0934. The van der Waals surface area contributed by atoms with Crippen LogP contribution in [0.3, 0.4) is 0 Å². The normalized spacial score (nSPS) is 12.0. The number of benzene rings is 1. The number of carbonyl (C=O) groups is 1. The molecule has 1 amide bonds. The molecule has 1 aromatic carbocycles. The smallest absolute Gasteiger partial charge is 0.255 e. The van der Waals surface area contributed by atoms with Gasteiger partial charge in [0.25, 0.3) is 5.91 Å². The van der Waals surface area contributed by atoms with Crippen LogP contribution >= 0.6 is 0 Å². The maximum absolute atomic E-state index is 12.3. The van der Waals surface area contributed by atoms with Crippen molar-refractivity contribution in [1.29, 1.82) is 0 Å². The molecule has 4 heteroatoms. The highest BCUT2D eigenvalue weighted by Gasteiger charge is 2.16. The molecule has 0 aromatic heterocycles. The molecular weight excluding hydrogens is 264 g/mol. The van der Waals surface area contributed by atoms with Gasteiger partial charge in [0, 0.05) is 6.04 Å². The molecule has 1 unspecified atom stereocenters. The van der Waals surface area contributed by atoms with Crippen LogP contribution in [0, 0.1) is 0 Å². The molecule has 21 heavy (non-hydrogen) atoms. The zero-order valence-electron chi connectivity index (χ0n) is 13.4. The fraction of sp³-hybridized carbons (Fsp3) is 0.588. The lowest BCUT2D eigenvalue weighted by Gasteiger charge is -2.16. The predicted octanol–water partition coefficient (Wildman–Crippen LogP) is 3.76. The van der Waals surface area contributed by atoms with E-state index in [-0.39, 0.29) is 11.9 Å². The van der Waals surface area contributed by atoms with Gasteiger partial charge in [-0.25, -0.2) is 0 Å². The van der Waals surface area contributed by atoms with Crippen LogP contribution in [-0.4, -0.2) is 18.6 Å². The zero-order chi connectivity index (χ0) is 15.7. The minimum atomic E-state index is -0.117. The van der Waals surface area contributed by atoms with Gasteiger partial charge in [-0.1, -0.05) is 38.7 Å². The number of anilines is 1. The van der Waals surface area contributed by atoms with Gasteiger partial charge in [0.15, 0.2) is 5.75 Å². The van der Waals surface area contributed by atoms with E-state index in [0.29, 0.717) is 23.6 Å². The molecule has 0 saturated carbocycles. The zero-order valence-corrected chi connectivity index (χ0v) is 13.4. The third-order valence-corrected chi connectivity index (χ3v) is 3.45. The maximum atomic E-state index is 12.3. The molecule has 1 aromatic rings. The Labute approximate surface area is 128 Å². The van der Waals surface area contributed by atoms with E-state index in [1.54, 1.807) is 18.2 Å². The SMILES string of the molecule is CCCCCCC(C)NC(=O)c1cccc(N)c1OCC. The third kappa shape index (κ3) is 5.66. The lowest BCUT2D eigenvalue weighted by atomic mass is 10.1. The van der Waals surface area contributed by atoms with Gasteiger partial charge in [0.1, 0.15) is 0 Å². The number of carbonyl (C=O) groups excluding carboxylic acids is 1. The molecule has 4 nitrogen and oxygen atoms in total. The lowest BCUT2D eigenvalue weighted by Crippen LogP contribution is -2.32. The summed E-state index contributed by atoms with van der Waals surface area (Å²) in [4.78, 5) is 12.3. The van der Waals surface area contributed by atoms with Crippen LogP contribution in [0.4, 0.5) is 5.69 Å². The number of amides is 1. The van der Waals surface area contributed by atoms with Crippen molar-refractivity contribution in [1.82, 2.24) is 5.32 Å². The number of nitrogens with one attached hydrogen (secondary N) is 1. The fourth-order valence-electron chi connectivity index (χ4n) is 2.29. The number of hydrogen-bond donors (Lipinski definition) is 2. The molecule has 0 aliphatic carbocycles. The van der Waals surface area contributed by atoms with E-state index in [1.165, 1.54) is 19.3 Å². The second-order valence-electron chi connectivity index (χ2n) is 5.38.